The second-order valence-corrected chi connectivity index (χ2v) is 18.9. The zero-order valence-electron chi connectivity index (χ0n) is 39.7. The van der Waals surface area contributed by atoms with Crippen molar-refractivity contribution >= 4 is 11.8 Å². The highest BCUT2D eigenvalue weighted by Gasteiger charge is 2.43. The largest absolute Gasteiger partial charge is 0.480 e. The summed E-state index contributed by atoms with van der Waals surface area (Å²) in [5, 5.41) is 10.5. The standard InChI is InChI=1S/C54H106O3/c1-4-7-10-13-16-18-20-22-24-25-26-27-28-29-30-31-32-33-34-35-37-39-41-43-46-49-52(55)54(53(56)57,50-47-44-15-12-9-6-3)51-48-45-42-40-38-36-23-21-19-17-14-11-8-5-2/h4-51H2,1-3H3,(H,56,57). The van der Waals surface area contributed by atoms with Crippen LogP contribution in [-0.4, -0.2) is 16.9 Å². The van der Waals surface area contributed by atoms with Gasteiger partial charge in [0.15, 0.2) is 0 Å². The first-order valence-electron chi connectivity index (χ1n) is 26.8. The molecular formula is C54H106O3. The summed E-state index contributed by atoms with van der Waals surface area (Å²) in [4.78, 5) is 26.5. The van der Waals surface area contributed by atoms with Gasteiger partial charge in [-0.2, -0.15) is 0 Å². The van der Waals surface area contributed by atoms with Gasteiger partial charge in [-0.25, -0.2) is 0 Å². The Morgan fingerprint density at radius 1 is 0.281 bits per heavy atom. The molecule has 0 fully saturated rings. The van der Waals surface area contributed by atoms with Crippen LogP contribution in [0.3, 0.4) is 0 Å². The zero-order chi connectivity index (χ0) is 41.6. The van der Waals surface area contributed by atoms with Gasteiger partial charge in [0.2, 0.25) is 0 Å². The summed E-state index contributed by atoms with van der Waals surface area (Å²) in [5.41, 5.74) is -1.14. The molecule has 0 heterocycles. The molecule has 0 amide bonds. The Morgan fingerprint density at radius 2 is 0.456 bits per heavy atom. The Hall–Kier alpha value is -0.860. The summed E-state index contributed by atoms with van der Waals surface area (Å²) < 4.78 is 0. The molecule has 0 saturated heterocycles. The molecule has 0 bridgehead atoms. The average molecular weight is 803 g/mol. The van der Waals surface area contributed by atoms with E-state index in [2.05, 4.69) is 20.8 Å². The number of rotatable bonds is 50. The molecule has 0 aliphatic rings. The lowest BCUT2D eigenvalue weighted by Crippen LogP contribution is -2.39. The van der Waals surface area contributed by atoms with Gasteiger partial charge >= 0.3 is 5.97 Å². The molecule has 0 radical (unpaired) electrons. The van der Waals surface area contributed by atoms with E-state index in [9.17, 15) is 14.7 Å². The number of unbranched alkanes of at least 4 members (excludes halogenated alkanes) is 42. The highest BCUT2D eigenvalue weighted by atomic mass is 16.4. The third-order valence-corrected chi connectivity index (χ3v) is 13.4. The number of Topliss-reactive ketones (excluding diaryl/α,β-unsaturated/α-hetero) is 1. The number of hydrogen-bond acceptors (Lipinski definition) is 2. The van der Waals surface area contributed by atoms with Crippen LogP contribution < -0.4 is 0 Å². The van der Waals surface area contributed by atoms with Crippen LogP contribution in [0.1, 0.15) is 329 Å². The minimum atomic E-state index is -1.14. The van der Waals surface area contributed by atoms with E-state index in [1.54, 1.807) is 0 Å². The molecule has 0 aliphatic heterocycles. The van der Waals surface area contributed by atoms with Crippen LogP contribution in [0, 0.1) is 5.41 Å². The van der Waals surface area contributed by atoms with Crippen LogP contribution in [-0.2, 0) is 9.59 Å². The van der Waals surface area contributed by atoms with E-state index in [0.717, 1.165) is 44.9 Å². The van der Waals surface area contributed by atoms with Gasteiger partial charge in [0, 0.05) is 6.42 Å². The fourth-order valence-corrected chi connectivity index (χ4v) is 9.23. The molecule has 340 valence electrons. The monoisotopic (exact) mass is 803 g/mol. The van der Waals surface area contributed by atoms with Gasteiger partial charge in [-0.3, -0.25) is 9.59 Å². The number of aliphatic carboxylic acids is 1. The Morgan fingerprint density at radius 3 is 0.649 bits per heavy atom. The first-order chi connectivity index (χ1) is 28.0. The Labute approximate surface area is 359 Å². The predicted octanol–water partition coefficient (Wildman–Crippen LogP) is 19.4. The lowest BCUT2D eigenvalue weighted by molar-refractivity contribution is -0.156. The Kier molecular flexibility index (Phi) is 45.5. The molecule has 0 saturated carbocycles. The summed E-state index contributed by atoms with van der Waals surface area (Å²) in [6.45, 7) is 6.81. The summed E-state index contributed by atoms with van der Waals surface area (Å²) in [6.07, 6.45) is 60.7. The highest BCUT2D eigenvalue weighted by molar-refractivity contribution is 6.03. The van der Waals surface area contributed by atoms with E-state index in [0.29, 0.717) is 19.3 Å². The molecule has 0 aromatic carbocycles. The van der Waals surface area contributed by atoms with Gasteiger partial charge < -0.3 is 5.11 Å². The van der Waals surface area contributed by atoms with E-state index in [4.69, 9.17) is 0 Å². The number of carbonyl (C=O) groups excluding carboxylic acids is 1. The number of carbonyl (C=O) groups is 2. The predicted molar refractivity (Wildman–Crippen MR) is 254 cm³/mol. The minimum absolute atomic E-state index is 0.0346. The number of carboxylic acids is 1. The normalized spacial score (nSPS) is 12.7. The summed E-state index contributed by atoms with van der Waals surface area (Å²) in [5.74, 6) is -0.803. The van der Waals surface area contributed by atoms with Crippen molar-refractivity contribution in [3.63, 3.8) is 0 Å². The van der Waals surface area contributed by atoms with E-state index in [1.165, 1.54) is 244 Å². The van der Waals surface area contributed by atoms with Gasteiger partial charge in [0.1, 0.15) is 11.2 Å². The number of carboxylic acid groups (broad SMARTS) is 1. The van der Waals surface area contributed by atoms with Gasteiger partial charge in [0.05, 0.1) is 0 Å². The third kappa shape index (κ3) is 37.8. The average Bonchev–Trinajstić information content (AvgIpc) is 3.21. The van der Waals surface area contributed by atoms with E-state index in [1.807, 2.05) is 0 Å². The van der Waals surface area contributed by atoms with Crippen molar-refractivity contribution in [1.29, 1.82) is 0 Å². The number of hydrogen-bond donors (Lipinski definition) is 1. The molecule has 0 aromatic heterocycles. The zero-order valence-corrected chi connectivity index (χ0v) is 39.7. The maximum atomic E-state index is 13.7. The third-order valence-electron chi connectivity index (χ3n) is 13.4. The summed E-state index contributed by atoms with van der Waals surface area (Å²) in [7, 11) is 0. The fourth-order valence-electron chi connectivity index (χ4n) is 9.23. The van der Waals surface area contributed by atoms with E-state index in [-0.39, 0.29) is 5.78 Å². The summed E-state index contributed by atoms with van der Waals surface area (Å²) in [6, 6.07) is 0. The Balaban J connectivity index is 4.04. The molecular weight excluding hydrogens is 697 g/mol. The van der Waals surface area contributed by atoms with Crippen LogP contribution in [0.15, 0.2) is 0 Å². The van der Waals surface area contributed by atoms with Gasteiger partial charge in [-0.1, -0.05) is 303 Å². The molecule has 0 rings (SSSR count). The number of ketones is 1. The SMILES string of the molecule is CCCCCCCCCCCCCCCCCCCCCCCCCCCC(=O)C(CCCCCCCC)(CCCCCCCCCCCCCCCC)C(=O)O. The van der Waals surface area contributed by atoms with Crippen LogP contribution in [0.25, 0.3) is 0 Å². The topological polar surface area (TPSA) is 54.4 Å². The molecule has 0 aromatic rings. The highest BCUT2D eigenvalue weighted by Crippen LogP contribution is 2.36. The quantitative estimate of drug-likeness (QED) is 0.0492. The van der Waals surface area contributed by atoms with E-state index >= 15 is 0 Å². The lowest BCUT2D eigenvalue weighted by Gasteiger charge is -2.28. The maximum Gasteiger partial charge on any atom is 0.317 e. The second kappa shape index (κ2) is 46.2. The molecule has 1 N–H and O–H groups in total. The van der Waals surface area contributed by atoms with Crippen molar-refractivity contribution in [2.45, 2.75) is 329 Å². The van der Waals surface area contributed by atoms with Crippen molar-refractivity contribution in [2.24, 2.45) is 5.41 Å². The Bertz CT molecular complexity index is 807. The fraction of sp³-hybridized carbons (Fsp3) is 0.963. The molecule has 3 nitrogen and oxygen atoms in total. The van der Waals surface area contributed by atoms with Crippen LogP contribution in [0.5, 0.6) is 0 Å². The van der Waals surface area contributed by atoms with Crippen molar-refractivity contribution in [3.8, 4) is 0 Å². The first kappa shape index (κ1) is 56.1. The van der Waals surface area contributed by atoms with Crippen LogP contribution >= 0.6 is 0 Å². The van der Waals surface area contributed by atoms with Crippen LogP contribution in [0.4, 0.5) is 0 Å². The van der Waals surface area contributed by atoms with Gasteiger partial charge in [0.25, 0.3) is 0 Å². The molecule has 3 heteroatoms. The lowest BCUT2D eigenvalue weighted by atomic mass is 9.73. The van der Waals surface area contributed by atoms with Crippen molar-refractivity contribution in [3.05, 3.63) is 0 Å². The maximum absolute atomic E-state index is 13.7. The van der Waals surface area contributed by atoms with Crippen molar-refractivity contribution in [2.75, 3.05) is 0 Å². The minimum Gasteiger partial charge on any atom is -0.480 e. The molecule has 57 heavy (non-hydrogen) atoms. The van der Waals surface area contributed by atoms with Crippen molar-refractivity contribution in [1.82, 2.24) is 0 Å². The molecule has 0 aliphatic carbocycles. The molecule has 1 atom stereocenters. The van der Waals surface area contributed by atoms with Gasteiger partial charge in [-0.15, -0.1) is 0 Å². The smallest absolute Gasteiger partial charge is 0.317 e. The summed E-state index contributed by atoms with van der Waals surface area (Å²) >= 11 is 0. The van der Waals surface area contributed by atoms with Gasteiger partial charge in [-0.05, 0) is 19.3 Å². The first-order valence-corrected chi connectivity index (χ1v) is 26.8. The molecule has 1 unspecified atom stereocenters. The van der Waals surface area contributed by atoms with Crippen LogP contribution in [0.2, 0.25) is 0 Å². The van der Waals surface area contributed by atoms with Crippen molar-refractivity contribution < 1.29 is 14.7 Å². The second-order valence-electron chi connectivity index (χ2n) is 18.9. The molecule has 0 spiro atoms. The van der Waals surface area contributed by atoms with E-state index < -0.39 is 11.4 Å².